The maximum atomic E-state index is 12.5. The third kappa shape index (κ3) is 4.76. The van der Waals surface area contributed by atoms with Crippen molar-refractivity contribution in [2.45, 2.75) is 25.2 Å². The van der Waals surface area contributed by atoms with Gasteiger partial charge >= 0.3 is 0 Å². The monoisotopic (exact) mass is 340 g/mol. The molecule has 1 heterocycles. The molecule has 128 valence electrons. The van der Waals surface area contributed by atoms with Crippen LogP contribution in [0, 0.1) is 5.92 Å². The van der Waals surface area contributed by atoms with Crippen molar-refractivity contribution in [2.24, 2.45) is 5.92 Å². The minimum Gasteiger partial charge on any atom is -0.379 e. The van der Waals surface area contributed by atoms with Gasteiger partial charge in [-0.2, -0.15) is 4.31 Å². The molecule has 0 saturated carbocycles. The van der Waals surface area contributed by atoms with Crippen molar-refractivity contribution in [3.8, 4) is 0 Å². The Kier molecular flexibility index (Phi) is 6.15. The Morgan fingerprint density at radius 2 is 1.83 bits per heavy atom. The molecule has 1 saturated heterocycles. The van der Waals surface area contributed by atoms with Crippen molar-refractivity contribution < 1.29 is 17.9 Å². The lowest BCUT2D eigenvalue weighted by molar-refractivity contribution is -0.123. The summed E-state index contributed by atoms with van der Waals surface area (Å²) in [5, 5.41) is 2.85. The van der Waals surface area contributed by atoms with Gasteiger partial charge in [0.15, 0.2) is 0 Å². The van der Waals surface area contributed by atoms with Gasteiger partial charge in [-0.05, 0) is 24.1 Å². The Labute approximate surface area is 137 Å². The second kappa shape index (κ2) is 7.90. The highest BCUT2D eigenvalue weighted by atomic mass is 32.2. The second-order valence-corrected chi connectivity index (χ2v) is 7.79. The van der Waals surface area contributed by atoms with Crippen molar-refractivity contribution in [3.05, 3.63) is 29.8 Å². The summed E-state index contributed by atoms with van der Waals surface area (Å²) in [5.74, 6) is -0.00689. The lowest BCUT2D eigenvalue weighted by Gasteiger charge is -2.26. The number of benzene rings is 1. The topological polar surface area (TPSA) is 75.7 Å². The van der Waals surface area contributed by atoms with Crippen molar-refractivity contribution in [1.29, 1.82) is 0 Å². The SMILES string of the molecule is CC(C)C(=O)NCCc1ccc(S(=O)(=O)N2CCOCC2)cc1. The van der Waals surface area contributed by atoms with E-state index in [9.17, 15) is 13.2 Å². The number of nitrogens with zero attached hydrogens (tertiary/aromatic N) is 1. The molecule has 23 heavy (non-hydrogen) atoms. The summed E-state index contributed by atoms with van der Waals surface area (Å²) >= 11 is 0. The molecule has 0 bridgehead atoms. The van der Waals surface area contributed by atoms with E-state index < -0.39 is 10.0 Å². The molecular weight excluding hydrogens is 316 g/mol. The van der Waals surface area contributed by atoms with Crippen LogP contribution in [0.3, 0.4) is 0 Å². The maximum absolute atomic E-state index is 12.5. The molecule has 0 unspecified atom stereocenters. The number of sulfonamides is 1. The van der Waals surface area contributed by atoms with Gasteiger partial charge in [-0.15, -0.1) is 0 Å². The number of carbonyl (C=O) groups is 1. The molecule has 2 rings (SSSR count). The Morgan fingerprint density at radius 1 is 1.22 bits per heavy atom. The summed E-state index contributed by atoms with van der Waals surface area (Å²) in [6.07, 6.45) is 0.677. The number of nitrogens with one attached hydrogen (secondary N) is 1. The molecule has 0 atom stereocenters. The molecular formula is C16H24N2O4S. The van der Waals surface area contributed by atoms with E-state index in [-0.39, 0.29) is 11.8 Å². The van der Waals surface area contributed by atoms with Crippen LogP contribution in [0.4, 0.5) is 0 Å². The Morgan fingerprint density at radius 3 is 2.39 bits per heavy atom. The summed E-state index contributed by atoms with van der Waals surface area (Å²) in [4.78, 5) is 11.8. The van der Waals surface area contributed by atoms with Gasteiger partial charge in [0, 0.05) is 25.6 Å². The summed E-state index contributed by atoms with van der Waals surface area (Å²) in [5.41, 5.74) is 0.995. The Bertz CT molecular complexity index is 620. The van der Waals surface area contributed by atoms with Crippen molar-refractivity contribution in [3.63, 3.8) is 0 Å². The van der Waals surface area contributed by atoms with Crippen LogP contribution in [0.2, 0.25) is 0 Å². The highest BCUT2D eigenvalue weighted by Gasteiger charge is 2.25. The summed E-state index contributed by atoms with van der Waals surface area (Å²) in [7, 11) is -3.44. The fourth-order valence-electron chi connectivity index (χ4n) is 2.30. The standard InChI is InChI=1S/C16H24N2O4S/c1-13(2)16(19)17-8-7-14-3-5-15(6-4-14)23(20,21)18-9-11-22-12-10-18/h3-6,13H,7-12H2,1-2H3,(H,17,19). The Balaban J connectivity index is 1.95. The molecule has 1 aliphatic rings. The number of morpholine rings is 1. The molecule has 0 aliphatic carbocycles. The quantitative estimate of drug-likeness (QED) is 0.839. The van der Waals surface area contributed by atoms with Crippen LogP contribution in [0.25, 0.3) is 0 Å². The third-order valence-electron chi connectivity index (χ3n) is 3.77. The normalized spacial score (nSPS) is 16.5. The summed E-state index contributed by atoms with van der Waals surface area (Å²) in [6, 6.07) is 6.86. The van der Waals surface area contributed by atoms with Gasteiger partial charge in [-0.25, -0.2) is 8.42 Å². The van der Waals surface area contributed by atoms with E-state index in [1.165, 1.54) is 4.31 Å². The molecule has 1 fully saturated rings. The van der Waals surface area contributed by atoms with Crippen LogP contribution >= 0.6 is 0 Å². The van der Waals surface area contributed by atoms with E-state index in [0.717, 1.165) is 5.56 Å². The van der Waals surface area contributed by atoms with E-state index in [0.29, 0.717) is 44.2 Å². The minimum atomic E-state index is -3.44. The van der Waals surface area contributed by atoms with Crippen molar-refractivity contribution in [2.75, 3.05) is 32.8 Å². The van der Waals surface area contributed by atoms with Gasteiger partial charge < -0.3 is 10.1 Å². The van der Waals surface area contributed by atoms with Crippen LogP contribution in [-0.4, -0.2) is 51.5 Å². The van der Waals surface area contributed by atoms with Gasteiger partial charge in [-0.3, -0.25) is 4.79 Å². The number of carbonyl (C=O) groups excluding carboxylic acids is 1. The predicted molar refractivity (Wildman–Crippen MR) is 87.6 cm³/mol. The number of amides is 1. The first-order chi connectivity index (χ1) is 10.9. The zero-order valence-electron chi connectivity index (χ0n) is 13.6. The molecule has 7 heteroatoms. The molecule has 1 aromatic carbocycles. The molecule has 6 nitrogen and oxygen atoms in total. The van der Waals surface area contributed by atoms with Gasteiger partial charge in [0.05, 0.1) is 18.1 Å². The lowest BCUT2D eigenvalue weighted by atomic mass is 10.1. The maximum Gasteiger partial charge on any atom is 0.243 e. The number of rotatable bonds is 6. The highest BCUT2D eigenvalue weighted by molar-refractivity contribution is 7.89. The Hall–Kier alpha value is -1.44. The lowest BCUT2D eigenvalue weighted by Crippen LogP contribution is -2.40. The van der Waals surface area contributed by atoms with E-state index >= 15 is 0 Å². The van der Waals surface area contributed by atoms with Crippen molar-refractivity contribution in [1.82, 2.24) is 9.62 Å². The first kappa shape index (κ1) is 17.9. The molecule has 1 aliphatic heterocycles. The molecule has 0 spiro atoms. The van der Waals surface area contributed by atoms with E-state index in [4.69, 9.17) is 4.74 Å². The van der Waals surface area contributed by atoms with Crippen LogP contribution in [0.1, 0.15) is 19.4 Å². The van der Waals surface area contributed by atoms with Crippen molar-refractivity contribution >= 4 is 15.9 Å². The molecule has 0 aromatic heterocycles. The second-order valence-electron chi connectivity index (χ2n) is 5.86. The summed E-state index contributed by atoms with van der Waals surface area (Å²) < 4.78 is 31.6. The molecule has 1 aromatic rings. The zero-order valence-corrected chi connectivity index (χ0v) is 14.4. The van der Waals surface area contributed by atoms with E-state index in [1.54, 1.807) is 24.3 Å². The smallest absolute Gasteiger partial charge is 0.243 e. The predicted octanol–water partition coefficient (Wildman–Crippen LogP) is 1.02. The van der Waals surface area contributed by atoms with Gasteiger partial charge in [0.1, 0.15) is 0 Å². The van der Waals surface area contributed by atoms with Crippen LogP contribution < -0.4 is 5.32 Å². The first-order valence-electron chi connectivity index (χ1n) is 7.86. The molecule has 0 radical (unpaired) electrons. The van der Waals surface area contributed by atoms with Crippen LogP contribution in [-0.2, 0) is 26.0 Å². The highest BCUT2D eigenvalue weighted by Crippen LogP contribution is 2.17. The van der Waals surface area contributed by atoms with Crippen LogP contribution in [0.5, 0.6) is 0 Å². The van der Waals surface area contributed by atoms with Crippen LogP contribution in [0.15, 0.2) is 29.2 Å². The van der Waals surface area contributed by atoms with E-state index in [1.807, 2.05) is 13.8 Å². The minimum absolute atomic E-state index is 0.0246. The number of ether oxygens (including phenoxy) is 1. The van der Waals surface area contributed by atoms with Gasteiger partial charge in [-0.1, -0.05) is 26.0 Å². The van der Waals surface area contributed by atoms with Gasteiger partial charge in [0.25, 0.3) is 0 Å². The third-order valence-corrected chi connectivity index (χ3v) is 5.68. The average Bonchev–Trinajstić information content (AvgIpc) is 2.56. The average molecular weight is 340 g/mol. The zero-order chi connectivity index (χ0) is 16.9. The fraction of sp³-hybridized carbons (Fsp3) is 0.562. The largest absolute Gasteiger partial charge is 0.379 e. The number of hydrogen-bond acceptors (Lipinski definition) is 4. The van der Waals surface area contributed by atoms with E-state index in [2.05, 4.69) is 5.32 Å². The fourth-order valence-corrected chi connectivity index (χ4v) is 3.71. The number of hydrogen-bond donors (Lipinski definition) is 1. The first-order valence-corrected chi connectivity index (χ1v) is 9.30. The summed E-state index contributed by atoms with van der Waals surface area (Å²) in [6.45, 7) is 5.91. The molecule has 1 amide bonds. The van der Waals surface area contributed by atoms with Gasteiger partial charge in [0.2, 0.25) is 15.9 Å². The molecule has 1 N–H and O–H groups in total.